The van der Waals surface area contributed by atoms with E-state index in [1.54, 1.807) is 11.3 Å². The van der Waals surface area contributed by atoms with Crippen molar-refractivity contribution in [3.05, 3.63) is 22.4 Å². The van der Waals surface area contributed by atoms with E-state index in [1.807, 2.05) is 28.7 Å². The molecular formula is C15H23N3O2S. The maximum atomic E-state index is 12.3. The Kier molecular flexibility index (Phi) is 6.20. The molecule has 0 saturated carbocycles. The van der Waals surface area contributed by atoms with Gasteiger partial charge in [0.2, 0.25) is 5.91 Å². The lowest BCUT2D eigenvalue weighted by atomic mass is 10.3. The maximum Gasteiger partial charge on any atom is 0.254 e. The Balaban J connectivity index is 1.82. The molecule has 0 aliphatic carbocycles. The van der Waals surface area contributed by atoms with E-state index in [0.29, 0.717) is 13.1 Å². The molecule has 1 saturated heterocycles. The van der Waals surface area contributed by atoms with Gasteiger partial charge in [-0.15, -0.1) is 0 Å². The van der Waals surface area contributed by atoms with Gasteiger partial charge in [-0.25, -0.2) is 0 Å². The number of nitrogens with zero attached hydrogens (tertiary/aromatic N) is 2. The molecule has 0 bridgehead atoms. The Hall–Kier alpha value is -1.40. The molecule has 0 radical (unpaired) electrons. The Bertz CT molecular complexity index is 461. The largest absolute Gasteiger partial charge is 0.355 e. The fraction of sp³-hybridized carbons (Fsp3) is 0.600. The summed E-state index contributed by atoms with van der Waals surface area (Å²) >= 11 is 1.54. The number of nitrogens with one attached hydrogen (secondary N) is 1. The van der Waals surface area contributed by atoms with Gasteiger partial charge in [0.15, 0.2) is 0 Å². The van der Waals surface area contributed by atoms with Gasteiger partial charge in [0.25, 0.3) is 5.91 Å². The predicted octanol–water partition coefficient (Wildman–Crippen LogP) is 1.42. The highest BCUT2D eigenvalue weighted by Crippen LogP contribution is 2.12. The third kappa shape index (κ3) is 4.82. The van der Waals surface area contributed by atoms with E-state index in [1.165, 1.54) is 0 Å². The van der Waals surface area contributed by atoms with Crippen LogP contribution in [0.5, 0.6) is 0 Å². The van der Waals surface area contributed by atoms with Gasteiger partial charge in [0, 0.05) is 38.1 Å². The van der Waals surface area contributed by atoms with Crippen molar-refractivity contribution in [1.29, 1.82) is 0 Å². The molecule has 1 fully saturated rings. The number of amides is 2. The highest BCUT2D eigenvalue weighted by molar-refractivity contribution is 7.08. The quantitative estimate of drug-likeness (QED) is 0.895. The summed E-state index contributed by atoms with van der Waals surface area (Å²) in [5.41, 5.74) is 0.772. The summed E-state index contributed by atoms with van der Waals surface area (Å²) in [5.74, 6) is 0.183. The second-order valence-corrected chi connectivity index (χ2v) is 6.06. The molecule has 2 amide bonds. The van der Waals surface area contributed by atoms with Crippen LogP contribution < -0.4 is 5.32 Å². The van der Waals surface area contributed by atoms with Gasteiger partial charge in [-0.05, 0) is 24.3 Å². The molecule has 0 unspecified atom stereocenters. The number of carbonyl (C=O) groups excluding carboxylic acids is 2. The fourth-order valence-electron chi connectivity index (χ4n) is 2.42. The molecule has 0 aromatic carbocycles. The van der Waals surface area contributed by atoms with Gasteiger partial charge >= 0.3 is 0 Å². The SMILES string of the molecule is CCCNC(=O)CN1CCCN(C(=O)c2ccsc2)CC1. The second kappa shape index (κ2) is 8.14. The summed E-state index contributed by atoms with van der Waals surface area (Å²) in [5, 5.41) is 6.71. The summed E-state index contributed by atoms with van der Waals surface area (Å²) in [7, 11) is 0. The molecule has 1 aromatic rings. The van der Waals surface area contributed by atoms with Crippen LogP contribution in [0.25, 0.3) is 0 Å². The predicted molar refractivity (Wildman–Crippen MR) is 84.6 cm³/mol. The van der Waals surface area contributed by atoms with Crippen LogP contribution in [-0.4, -0.2) is 60.9 Å². The van der Waals surface area contributed by atoms with Gasteiger partial charge in [0.05, 0.1) is 12.1 Å². The van der Waals surface area contributed by atoms with Gasteiger partial charge in [-0.2, -0.15) is 11.3 Å². The lowest BCUT2D eigenvalue weighted by molar-refractivity contribution is -0.122. The van der Waals surface area contributed by atoms with Gasteiger partial charge in [0.1, 0.15) is 0 Å². The van der Waals surface area contributed by atoms with E-state index >= 15 is 0 Å². The van der Waals surface area contributed by atoms with Crippen molar-refractivity contribution in [2.45, 2.75) is 19.8 Å². The van der Waals surface area contributed by atoms with Crippen LogP contribution in [0.3, 0.4) is 0 Å². The zero-order valence-corrected chi connectivity index (χ0v) is 13.3. The van der Waals surface area contributed by atoms with Crippen LogP contribution in [0.15, 0.2) is 16.8 Å². The molecule has 0 spiro atoms. The van der Waals surface area contributed by atoms with Crippen LogP contribution >= 0.6 is 11.3 Å². The minimum Gasteiger partial charge on any atom is -0.355 e. The lowest BCUT2D eigenvalue weighted by Gasteiger charge is -2.21. The molecule has 1 N–H and O–H groups in total. The summed E-state index contributed by atoms with van der Waals surface area (Å²) in [6.45, 7) is 6.29. The summed E-state index contributed by atoms with van der Waals surface area (Å²) in [6.07, 6.45) is 1.87. The molecule has 1 aromatic heterocycles. The van der Waals surface area contributed by atoms with Gasteiger partial charge in [-0.1, -0.05) is 6.92 Å². The summed E-state index contributed by atoms with van der Waals surface area (Å²) in [4.78, 5) is 28.1. The highest BCUT2D eigenvalue weighted by Gasteiger charge is 2.21. The van der Waals surface area contributed by atoms with E-state index < -0.39 is 0 Å². The van der Waals surface area contributed by atoms with E-state index in [0.717, 1.165) is 44.6 Å². The molecule has 116 valence electrons. The van der Waals surface area contributed by atoms with Crippen molar-refractivity contribution in [2.75, 3.05) is 39.3 Å². The monoisotopic (exact) mass is 309 g/mol. The van der Waals surface area contributed by atoms with Crippen LogP contribution in [-0.2, 0) is 4.79 Å². The molecule has 2 rings (SSSR count). The topological polar surface area (TPSA) is 52.7 Å². The number of carbonyl (C=O) groups is 2. The molecule has 1 aliphatic heterocycles. The Labute approximate surface area is 129 Å². The van der Waals surface area contributed by atoms with E-state index in [9.17, 15) is 9.59 Å². The van der Waals surface area contributed by atoms with E-state index in [2.05, 4.69) is 10.2 Å². The van der Waals surface area contributed by atoms with Crippen molar-refractivity contribution in [3.63, 3.8) is 0 Å². The number of rotatable bonds is 5. The molecular weight excluding hydrogens is 286 g/mol. The third-order valence-electron chi connectivity index (χ3n) is 3.58. The first-order valence-corrected chi connectivity index (χ1v) is 8.45. The standard InChI is InChI=1S/C15H23N3O2S/c1-2-5-16-14(19)11-17-6-3-7-18(9-8-17)15(20)13-4-10-21-12-13/h4,10,12H,2-3,5-9,11H2,1H3,(H,16,19). The third-order valence-corrected chi connectivity index (χ3v) is 4.27. The normalized spacial score (nSPS) is 16.5. The van der Waals surface area contributed by atoms with Gasteiger partial charge < -0.3 is 10.2 Å². The number of thiophene rings is 1. The van der Waals surface area contributed by atoms with Crippen LogP contribution in [0.2, 0.25) is 0 Å². The van der Waals surface area contributed by atoms with Crippen molar-refractivity contribution >= 4 is 23.2 Å². The summed E-state index contributed by atoms with van der Waals surface area (Å²) in [6, 6.07) is 1.87. The van der Waals surface area contributed by atoms with E-state index in [4.69, 9.17) is 0 Å². The summed E-state index contributed by atoms with van der Waals surface area (Å²) < 4.78 is 0. The Morgan fingerprint density at radius 1 is 1.29 bits per heavy atom. The molecule has 2 heterocycles. The fourth-order valence-corrected chi connectivity index (χ4v) is 3.05. The van der Waals surface area contributed by atoms with E-state index in [-0.39, 0.29) is 11.8 Å². The number of hydrogen-bond acceptors (Lipinski definition) is 4. The average Bonchev–Trinajstić information content (AvgIpc) is 2.92. The first kappa shape index (κ1) is 16.0. The van der Waals surface area contributed by atoms with Crippen LogP contribution in [0, 0.1) is 0 Å². The maximum absolute atomic E-state index is 12.3. The number of hydrogen-bond donors (Lipinski definition) is 1. The van der Waals surface area contributed by atoms with Gasteiger partial charge in [-0.3, -0.25) is 14.5 Å². The minimum atomic E-state index is 0.0782. The Morgan fingerprint density at radius 2 is 2.14 bits per heavy atom. The zero-order chi connectivity index (χ0) is 15.1. The van der Waals surface area contributed by atoms with Crippen molar-refractivity contribution in [2.24, 2.45) is 0 Å². The first-order valence-electron chi connectivity index (χ1n) is 7.51. The molecule has 5 nitrogen and oxygen atoms in total. The van der Waals surface area contributed by atoms with Crippen LogP contribution in [0.1, 0.15) is 30.1 Å². The van der Waals surface area contributed by atoms with Crippen molar-refractivity contribution in [3.8, 4) is 0 Å². The molecule has 1 aliphatic rings. The zero-order valence-electron chi connectivity index (χ0n) is 12.5. The average molecular weight is 309 g/mol. The molecule has 21 heavy (non-hydrogen) atoms. The molecule has 0 atom stereocenters. The second-order valence-electron chi connectivity index (χ2n) is 5.28. The Morgan fingerprint density at radius 3 is 2.86 bits per heavy atom. The highest BCUT2D eigenvalue weighted by atomic mass is 32.1. The minimum absolute atomic E-state index is 0.0782. The van der Waals surface area contributed by atoms with Crippen LogP contribution in [0.4, 0.5) is 0 Å². The lowest BCUT2D eigenvalue weighted by Crippen LogP contribution is -2.40. The first-order chi connectivity index (χ1) is 10.2. The smallest absolute Gasteiger partial charge is 0.254 e. The molecule has 6 heteroatoms. The van der Waals surface area contributed by atoms with Crippen molar-refractivity contribution in [1.82, 2.24) is 15.1 Å². The van der Waals surface area contributed by atoms with Crippen molar-refractivity contribution < 1.29 is 9.59 Å².